The van der Waals surface area contributed by atoms with Crippen LogP contribution in [0.3, 0.4) is 0 Å². The molecule has 11 heteroatoms. The van der Waals surface area contributed by atoms with Gasteiger partial charge < -0.3 is 10.1 Å². The van der Waals surface area contributed by atoms with Crippen molar-refractivity contribution in [3.8, 4) is 11.1 Å². The van der Waals surface area contributed by atoms with Crippen molar-refractivity contribution in [1.29, 1.82) is 0 Å². The number of nitrogens with one attached hydrogen (secondary N) is 1. The van der Waals surface area contributed by atoms with Crippen LogP contribution in [0.2, 0.25) is 0 Å². The topological polar surface area (TPSA) is 110 Å². The average molecular weight is 431 g/mol. The van der Waals surface area contributed by atoms with Crippen LogP contribution in [0.25, 0.3) is 11.1 Å². The van der Waals surface area contributed by atoms with Gasteiger partial charge in [-0.05, 0) is 17.7 Å². The summed E-state index contributed by atoms with van der Waals surface area (Å²) in [6.45, 7) is -0.0511. The first-order valence-electron chi connectivity index (χ1n) is 8.07. The summed E-state index contributed by atoms with van der Waals surface area (Å²) in [5.41, 5.74) is -0.806. The van der Waals surface area contributed by atoms with E-state index in [9.17, 15) is 35.7 Å². The SMILES string of the molecule is COCCC(=O)c1c(-c2ccccc2NC(=O)C(F)(F)F)cccc1S(=O)(=O)O. The Hall–Kier alpha value is -2.76. The fraction of sp³-hybridized carbons (Fsp3) is 0.222. The largest absolute Gasteiger partial charge is 0.471 e. The number of carbonyl (C=O) groups excluding carboxylic acids is 2. The monoisotopic (exact) mass is 431 g/mol. The highest BCUT2D eigenvalue weighted by molar-refractivity contribution is 7.86. The third kappa shape index (κ3) is 5.40. The van der Waals surface area contributed by atoms with Crippen molar-refractivity contribution < 1.29 is 40.5 Å². The molecule has 156 valence electrons. The number of anilines is 1. The van der Waals surface area contributed by atoms with Crippen LogP contribution in [0.4, 0.5) is 18.9 Å². The molecule has 0 aliphatic rings. The van der Waals surface area contributed by atoms with Gasteiger partial charge in [0.05, 0.1) is 6.61 Å². The lowest BCUT2D eigenvalue weighted by atomic mass is 9.94. The van der Waals surface area contributed by atoms with Gasteiger partial charge >= 0.3 is 12.1 Å². The Kier molecular flexibility index (Phi) is 6.77. The van der Waals surface area contributed by atoms with Crippen LogP contribution in [-0.2, 0) is 19.6 Å². The second-order valence-electron chi connectivity index (χ2n) is 5.82. The molecular weight excluding hydrogens is 415 g/mol. The molecule has 2 N–H and O–H groups in total. The van der Waals surface area contributed by atoms with Gasteiger partial charge in [0.1, 0.15) is 4.90 Å². The Morgan fingerprint density at radius 3 is 2.28 bits per heavy atom. The van der Waals surface area contributed by atoms with E-state index >= 15 is 0 Å². The highest BCUT2D eigenvalue weighted by atomic mass is 32.2. The van der Waals surface area contributed by atoms with Crippen molar-refractivity contribution in [3.05, 3.63) is 48.0 Å². The van der Waals surface area contributed by atoms with Gasteiger partial charge in [-0.15, -0.1) is 0 Å². The highest BCUT2D eigenvalue weighted by Crippen LogP contribution is 2.35. The summed E-state index contributed by atoms with van der Waals surface area (Å²) in [5.74, 6) is -2.95. The molecular formula is C18H16F3NO6S. The Morgan fingerprint density at radius 1 is 1.07 bits per heavy atom. The molecule has 0 atom stereocenters. The minimum absolute atomic E-state index is 0.0311. The van der Waals surface area contributed by atoms with Gasteiger partial charge in [-0.3, -0.25) is 14.1 Å². The van der Waals surface area contributed by atoms with Crippen LogP contribution in [0, 0.1) is 0 Å². The average Bonchev–Trinajstić information content (AvgIpc) is 2.64. The van der Waals surface area contributed by atoms with Gasteiger partial charge in [-0.25, -0.2) is 0 Å². The van der Waals surface area contributed by atoms with E-state index in [1.807, 2.05) is 0 Å². The first-order chi connectivity index (χ1) is 13.5. The van der Waals surface area contributed by atoms with Gasteiger partial charge in [0.2, 0.25) is 0 Å². The maximum absolute atomic E-state index is 12.6. The maximum Gasteiger partial charge on any atom is 0.471 e. The van der Waals surface area contributed by atoms with E-state index in [4.69, 9.17) is 4.74 Å². The summed E-state index contributed by atoms with van der Waals surface area (Å²) in [5, 5.41) is 1.70. The molecule has 0 aliphatic carbocycles. The number of hydrogen-bond acceptors (Lipinski definition) is 5. The molecule has 0 radical (unpaired) electrons. The number of halogens is 3. The predicted octanol–water partition coefficient (Wildman–Crippen LogP) is 3.32. The van der Waals surface area contributed by atoms with Crippen LogP contribution in [0.5, 0.6) is 0 Å². The van der Waals surface area contributed by atoms with Crippen LogP contribution in [-0.4, -0.2) is 44.6 Å². The third-order valence-electron chi connectivity index (χ3n) is 3.84. The summed E-state index contributed by atoms with van der Waals surface area (Å²) in [7, 11) is -3.50. The number of carbonyl (C=O) groups is 2. The minimum atomic E-state index is -5.15. The van der Waals surface area contributed by atoms with Crippen molar-refractivity contribution in [3.63, 3.8) is 0 Å². The second kappa shape index (κ2) is 8.72. The number of hydrogen-bond donors (Lipinski definition) is 2. The van der Waals surface area contributed by atoms with Gasteiger partial charge in [-0.2, -0.15) is 21.6 Å². The Morgan fingerprint density at radius 2 is 1.69 bits per heavy atom. The molecule has 0 saturated carbocycles. The second-order valence-corrected chi connectivity index (χ2v) is 7.21. The van der Waals surface area contributed by atoms with Gasteiger partial charge in [0, 0.05) is 30.3 Å². The van der Waals surface area contributed by atoms with Crippen LogP contribution >= 0.6 is 0 Å². The van der Waals surface area contributed by atoms with E-state index in [0.29, 0.717) is 0 Å². The quantitative estimate of drug-likeness (QED) is 0.514. The fourth-order valence-corrected chi connectivity index (χ4v) is 3.33. The lowest BCUT2D eigenvalue weighted by molar-refractivity contribution is -0.167. The van der Waals surface area contributed by atoms with E-state index in [1.165, 1.54) is 43.5 Å². The third-order valence-corrected chi connectivity index (χ3v) is 4.74. The number of ether oxygens (including phenoxy) is 1. The molecule has 0 aromatic heterocycles. The lowest BCUT2D eigenvalue weighted by Gasteiger charge is -2.16. The molecule has 2 rings (SSSR count). The van der Waals surface area contributed by atoms with Gasteiger partial charge in [0.25, 0.3) is 10.1 Å². The van der Waals surface area contributed by atoms with Crippen molar-refractivity contribution in [2.24, 2.45) is 0 Å². The van der Waals surface area contributed by atoms with Crippen LogP contribution in [0.1, 0.15) is 16.8 Å². The smallest absolute Gasteiger partial charge is 0.384 e. The van der Waals surface area contributed by atoms with Crippen molar-refractivity contribution >= 4 is 27.5 Å². The molecule has 7 nitrogen and oxygen atoms in total. The minimum Gasteiger partial charge on any atom is -0.384 e. The fourth-order valence-electron chi connectivity index (χ4n) is 2.60. The zero-order valence-corrected chi connectivity index (χ0v) is 15.8. The number of rotatable bonds is 7. The van der Waals surface area contributed by atoms with Crippen LogP contribution < -0.4 is 5.32 Å². The van der Waals surface area contributed by atoms with Crippen LogP contribution in [0.15, 0.2) is 47.4 Å². The zero-order chi connectivity index (χ0) is 21.8. The number of alkyl halides is 3. The predicted molar refractivity (Wildman–Crippen MR) is 97.2 cm³/mol. The molecule has 0 heterocycles. The zero-order valence-electron chi connectivity index (χ0n) is 15.0. The Labute approximate surface area is 164 Å². The van der Waals surface area contributed by atoms with E-state index in [1.54, 1.807) is 5.32 Å². The van der Waals surface area contributed by atoms with Gasteiger partial charge in [0.15, 0.2) is 5.78 Å². The molecule has 0 spiro atoms. The lowest BCUT2D eigenvalue weighted by Crippen LogP contribution is -2.30. The Bertz CT molecular complexity index is 1030. The molecule has 0 aliphatic heterocycles. The normalized spacial score (nSPS) is 11.9. The molecule has 2 aromatic rings. The molecule has 29 heavy (non-hydrogen) atoms. The molecule has 2 aromatic carbocycles. The van der Waals surface area contributed by atoms with Gasteiger partial charge in [-0.1, -0.05) is 30.3 Å². The number of benzene rings is 2. The van der Waals surface area contributed by atoms with Crippen molar-refractivity contribution in [2.75, 3.05) is 19.0 Å². The summed E-state index contributed by atoms with van der Waals surface area (Å²) >= 11 is 0. The Balaban J connectivity index is 2.70. The van der Waals surface area contributed by atoms with E-state index in [2.05, 4.69) is 0 Å². The number of para-hydroxylation sites is 1. The summed E-state index contributed by atoms with van der Waals surface area (Å²) < 4.78 is 75.8. The van der Waals surface area contributed by atoms with E-state index < -0.39 is 38.4 Å². The number of amides is 1. The number of ketones is 1. The summed E-state index contributed by atoms with van der Waals surface area (Å²) in [6, 6.07) is 8.78. The highest BCUT2D eigenvalue weighted by Gasteiger charge is 2.39. The first kappa shape index (κ1) is 22.5. The number of methoxy groups -OCH3 is 1. The first-order valence-corrected chi connectivity index (χ1v) is 9.51. The molecule has 0 unspecified atom stereocenters. The molecule has 0 fully saturated rings. The molecule has 0 bridgehead atoms. The van der Waals surface area contributed by atoms with Crippen molar-refractivity contribution in [2.45, 2.75) is 17.5 Å². The van der Waals surface area contributed by atoms with E-state index in [0.717, 1.165) is 6.07 Å². The standard InChI is InChI=1S/C18H16F3NO6S/c1-28-10-9-14(23)16-12(6-4-8-15(16)29(25,26)27)11-5-2-3-7-13(11)22-17(24)18(19,20)21/h2-8H,9-10H2,1H3,(H,22,24)(H,25,26,27). The molecule has 1 amide bonds. The summed E-state index contributed by atoms with van der Waals surface area (Å²) in [4.78, 5) is 23.3. The van der Waals surface area contributed by atoms with E-state index in [-0.39, 0.29) is 29.8 Å². The molecule has 0 saturated heterocycles. The maximum atomic E-state index is 12.6. The summed E-state index contributed by atoms with van der Waals surface area (Å²) in [6.07, 6.45) is -5.40. The number of Topliss-reactive ketones (excluding diaryl/α,β-unsaturated/α-hetero) is 1. The van der Waals surface area contributed by atoms with Crippen molar-refractivity contribution in [1.82, 2.24) is 0 Å².